The van der Waals surface area contributed by atoms with Gasteiger partial charge in [-0.3, -0.25) is 0 Å². The molecule has 0 aromatic heterocycles. The van der Waals surface area contributed by atoms with Gasteiger partial charge in [0.2, 0.25) is 0 Å². The van der Waals surface area contributed by atoms with Gasteiger partial charge in [-0.2, -0.15) is 0 Å². The summed E-state index contributed by atoms with van der Waals surface area (Å²) in [5, 5.41) is 9.33. The quantitative estimate of drug-likeness (QED) is 0.737. The fourth-order valence-electron chi connectivity index (χ4n) is 1.23. The van der Waals surface area contributed by atoms with Gasteiger partial charge < -0.3 is 10.8 Å². The van der Waals surface area contributed by atoms with Gasteiger partial charge in [-0.1, -0.05) is 13.0 Å². The number of benzene rings is 1. The number of aromatic hydroxyl groups is 1. The Morgan fingerprint density at radius 1 is 1.54 bits per heavy atom. The molecule has 0 heterocycles. The standard InChI is InChI=1S/C10H14FNO/c1-3-7-4-8(6(2)12)10(13)9(11)5-7/h4-6,13H,3,12H2,1-2H3. The molecule has 0 spiro atoms. The predicted molar refractivity (Wildman–Crippen MR) is 50.0 cm³/mol. The Hall–Kier alpha value is -1.09. The first-order valence-corrected chi connectivity index (χ1v) is 4.33. The topological polar surface area (TPSA) is 46.2 Å². The maximum Gasteiger partial charge on any atom is 0.165 e. The predicted octanol–water partition coefficient (Wildman–Crippen LogP) is 2.11. The molecule has 0 fully saturated rings. The highest BCUT2D eigenvalue weighted by Gasteiger charge is 2.11. The second-order valence-electron chi connectivity index (χ2n) is 3.16. The molecule has 13 heavy (non-hydrogen) atoms. The first kappa shape index (κ1) is 9.99. The SMILES string of the molecule is CCc1cc(F)c(O)c(C(C)N)c1. The molecule has 0 aliphatic carbocycles. The number of nitrogens with two attached hydrogens (primary N) is 1. The number of hydrogen-bond donors (Lipinski definition) is 2. The van der Waals surface area contributed by atoms with Gasteiger partial charge >= 0.3 is 0 Å². The summed E-state index contributed by atoms with van der Waals surface area (Å²) in [6, 6.07) is 2.73. The van der Waals surface area contributed by atoms with Crippen molar-refractivity contribution in [3.63, 3.8) is 0 Å². The van der Waals surface area contributed by atoms with Crippen LogP contribution in [-0.4, -0.2) is 5.11 Å². The van der Waals surface area contributed by atoms with Gasteiger partial charge in [0.25, 0.3) is 0 Å². The molecule has 1 aromatic rings. The van der Waals surface area contributed by atoms with E-state index in [1.165, 1.54) is 6.07 Å². The van der Waals surface area contributed by atoms with Crippen LogP contribution in [0.1, 0.15) is 31.0 Å². The van der Waals surface area contributed by atoms with Crippen LogP contribution in [0.5, 0.6) is 5.75 Å². The highest BCUT2D eigenvalue weighted by molar-refractivity contribution is 5.39. The molecule has 0 aliphatic heterocycles. The molecule has 1 aromatic carbocycles. The summed E-state index contributed by atoms with van der Waals surface area (Å²) >= 11 is 0. The zero-order chi connectivity index (χ0) is 10.0. The third-order valence-electron chi connectivity index (χ3n) is 2.05. The number of phenols is 1. The van der Waals surface area contributed by atoms with Crippen molar-refractivity contribution in [1.82, 2.24) is 0 Å². The van der Waals surface area contributed by atoms with Crippen molar-refractivity contribution in [3.8, 4) is 5.75 Å². The third-order valence-corrected chi connectivity index (χ3v) is 2.05. The monoisotopic (exact) mass is 183 g/mol. The molecule has 3 heteroatoms. The maximum absolute atomic E-state index is 13.1. The highest BCUT2D eigenvalue weighted by atomic mass is 19.1. The first-order chi connectivity index (χ1) is 6.06. The second-order valence-corrected chi connectivity index (χ2v) is 3.16. The van der Waals surface area contributed by atoms with Crippen molar-refractivity contribution in [1.29, 1.82) is 0 Å². The molecule has 2 nitrogen and oxygen atoms in total. The van der Waals surface area contributed by atoms with E-state index in [-0.39, 0.29) is 11.8 Å². The van der Waals surface area contributed by atoms with Crippen molar-refractivity contribution in [2.45, 2.75) is 26.3 Å². The minimum Gasteiger partial charge on any atom is -0.505 e. The molecule has 0 saturated carbocycles. The van der Waals surface area contributed by atoms with Crippen LogP contribution in [0.25, 0.3) is 0 Å². The minimum atomic E-state index is -0.591. The van der Waals surface area contributed by atoms with Crippen molar-refractivity contribution in [3.05, 3.63) is 29.1 Å². The molecule has 0 radical (unpaired) electrons. The lowest BCUT2D eigenvalue weighted by Crippen LogP contribution is -2.06. The Labute approximate surface area is 77.2 Å². The fraction of sp³-hybridized carbons (Fsp3) is 0.400. The largest absolute Gasteiger partial charge is 0.505 e. The van der Waals surface area contributed by atoms with E-state index < -0.39 is 5.82 Å². The normalized spacial score (nSPS) is 12.9. The van der Waals surface area contributed by atoms with Crippen molar-refractivity contribution in [2.24, 2.45) is 5.73 Å². The highest BCUT2D eigenvalue weighted by Crippen LogP contribution is 2.27. The second kappa shape index (κ2) is 3.75. The van der Waals surface area contributed by atoms with Crippen LogP contribution in [-0.2, 0) is 6.42 Å². The summed E-state index contributed by atoms with van der Waals surface area (Å²) in [4.78, 5) is 0. The lowest BCUT2D eigenvalue weighted by molar-refractivity contribution is 0.421. The zero-order valence-corrected chi connectivity index (χ0v) is 7.84. The first-order valence-electron chi connectivity index (χ1n) is 4.33. The van der Waals surface area contributed by atoms with Gasteiger partial charge in [-0.05, 0) is 25.0 Å². The molecule has 72 valence electrons. The molecule has 0 aliphatic rings. The minimum absolute atomic E-state index is 0.327. The van der Waals surface area contributed by atoms with Crippen LogP contribution in [0.3, 0.4) is 0 Å². The van der Waals surface area contributed by atoms with E-state index in [0.29, 0.717) is 5.56 Å². The van der Waals surface area contributed by atoms with Gasteiger partial charge in [0, 0.05) is 11.6 Å². The average molecular weight is 183 g/mol. The number of aryl methyl sites for hydroxylation is 1. The third kappa shape index (κ3) is 1.98. The van der Waals surface area contributed by atoms with Crippen LogP contribution in [0.2, 0.25) is 0 Å². The lowest BCUT2D eigenvalue weighted by Gasteiger charge is -2.10. The van der Waals surface area contributed by atoms with Gasteiger partial charge in [0.05, 0.1) is 0 Å². The zero-order valence-electron chi connectivity index (χ0n) is 7.84. The number of hydrogen-bond acceptors (Lipinski definition) is 2. The Morgan fingerprint density at radius 3 is 2.62 bits per heavy atom. The smallest absolute Gasteiger partial charge is 0.165 e. The summed E-state index contributed by atoms with van der Waals surface area (Å²) < 4.78 is 13.1. The van der Waals surface area contributed by atoms with Crippen LogP contribution in [0.15, 0.2) is 12.1 Å². The van der Waals surface area contributed by atoms with Crippen LogP contribution < -0.4 is 5.73 Å². The molecule has 1 rings (SSSR count). The van der Waals surface area contributed by atoms with Crippen molar-refractivity contribution in [2.75, 3.05) is 0 Å². The van der Waals surface area contributed by atoms with Gasteiger partial charge in [-0.25, -0.2) is 4.39 Å². The molecular formula is C10H14FNO. The molecule has 1 atom stereocenters. The Morgan fingerprint density at radius 2 is 2.15 bits per heavy atom. The number of phenolic OH excluding ortho intramolecular Hbond substituents is 1. The maximum atomic E-state index is 13.1. The number of rotatable bonds is 2. The van der Waals surface area contributed by atoms with E-state index in [0.717, 1.165) is 12.0 Å². The van der Waals surface area contributed by atoms with Crippen molar-refractivity contribution < 1.29 is 9.50 Å². The average Bonchev–Trinajstić information content (AvgIpc) is 2.09. The molecule has 0 bridgehead atoms. The van der Waals surface area contributed by atoms with E-state index >= 15 is 0 Å². The summed E-state index contributed by atoms with van der Waals surface area (Å²) in [7, 11) is 0. The molecule has 0 amide bonds. The van der Waals surface area contributed by atoms with Gasteiger partial charge in [-0.15, -0.1) is 0 Å². The van der Waals surface area contributed by atoms with E-state index in [9.17, 15) is 9.50 Å². The van der Waals surface area contributed by atoms with E-state index in [4.69, 9.17) is 5.73 Å². The summed E-state index contributed by atoms with van der Waals surface area (Å²) in [6.45, 7) is 3.64. The fourth-order valence-corrected chi connectivity index (χ4v) is 1.23. The molecule has 0 saturated heterocycles. The van der Waals surface area contributed by atoms with Crippen molar-refractivity contribution >= 4 is 0 Å². The van der Waals surface area contributed by atoms with Gasteiger partial charge in [0.15, 0.2) is 11.6 Å². The molecule has 1 unspecified atom stereocenters. The summed E-state index contributed by atoms with van der Waals surface area (Å²) in [5.74, 6) is -0.918. The summed E-state index contributed by atoms with van der Waals surface area (Å²) in [5.41, 5.74) is 6.90. The Balaban J connectivity index is 3.25. The van der Waals surface area contributed by atoms with Crippen LogP contribution in [0, 0.1) is 5.82 Å². The number of halogens is 1. The van der Waals surface area contributed by atoms with Crippen LogP contribution >= 0.6 is 0 Å². The Kier molecular flexibility index (Phi) is 2.88. The van der Waals surface area contributed by atoms with Gasteiger partial charge in [0.1, 0.15) is 0 Å². The molecular weight excluding hydrogens is 169 g/mol. The van der Waals surface area contributed by atoms with E-state index in [2.05, 4.69) is 0 Å². The summed E-state index contributed by atoms with van der Waals surface area (Å²) in [6.07, 6.45) is 0.733. The van der Waals surface area contributed by atoms with E-state index in [1.807, 2.05) is 6.92 Å². The lowest BCUT2D eigenvalue weighted by atomic mass is 10.0. The van der Waals surface area contributed by atoms with E-state index in [1.54, 1.807) is 13.0 Å². The van der Waals surface area contributed by atoms with Crippen LogP contribution in [0.4, 0.5) is 4.39 Å². The Bertz CT molecular complexity index is 310. The molecule has 3 N–H and O–H groups in total.